The maximum absolute atomic E-state index is 11.1. The van der Waals surface area contributed by atoms with Crippen molar-refractivity contribution < 1.29 is 9.90 Å². The summed E-state index contributed by atoms with van der Waals surface area (Å²) in [5, 5.41) is 9.10. The lowest BCUT2D eigenvalue weighted by Crippen LogP contribution is -2.32. The van der Waals surface area contributed by atoms with Crippen molar-refractivity contribution >= 4 is 11.8 Å². The lowest BCUT2D eigenvalue weighted by Gasteiger charge is -2.18. The molecular formula is C13H13NO2. The van der Waals surface area contributed by atoms with Crippen LogP contribution in [0.15, 0.2) is 18.2 Å². The lowest BCUT2D eigenvalue weighted by molar-refractivity contribution is 0.201. The van der Waals surface area contributed by atoms with Crippen LogP contribution < -0.4 is 4.90 Å². The molecule has 2 rings (SSSR count). The van der Waals surface area contributed by atoms with E-state index in [2.05, 4.69) is 5.92 Å². The Morgan fingerprint density at radius 3 is 2.81 bits per heavy atom. The zero-order valence-corrected chi connectivity index (χ0v) is 9.32. The van der Waals surface area contributed by atoms with Gasteiger partial charge in [0.15, 0.2) is 0 Å². The van der Waals surface area contributed by atoms with E-state index in [1.165, 1.54) is 4.90 Å². The summed E-state index contributed by atoms with van der Waals surface area (Å²) in [6.07, 6.45) is 4.43. The number of terminal acetylenes is 1. The Balaban J connectivity index is 2.59. The topological polar surface area (TPSA) is 40.5 Å². The van der Waals surface area contributed by atoms with Crippen LogP contribution in [0.4, 0.5) is 10.5 Å². The zero-order chi connectivity index (χ0) is 11.9. The van der Waals surface area contributed by atoms with Gasteiger partial charge in [0.05, 0.1) is 5.69 Å². The molecule has 1 aliphatic heterocycles. The van der Waals surface area contributed by atoms with E-state index in [1.807, 2.05) is 19.9 Å². The van der Waals surface area contributed by atoms with Gasteiger partial charge in [0.2, 0.25) is 0 Å². The van der Waals surface area contributed by atoms with Gasteiger partial charge in [0, 0.05) is 17.5 Å². The van der Waals surface area contributed by atoms with Gasteiger partial charge in [-0.3, -0.25) is 4.90 Å². The number of amides is 1. The number of carboxylic acid groups (broad SMARTS) is 1. The summed E-state index contributed by atoms with van der Waals surface area (Å²) >= 11 is 0. The first-order chi connectivity index (χ1) is 7.45. The Labute approximate surface area is 94.7 Å². The average Bonchev–Trinajstić information content (AvgIpc) is 2.51. The van der Waals surface area contributed by atoms with E-state index in [9.17, 15) is 4.79 Å². The Bertz CT molecular complexity index is 497. The van der Waals surface area contributed by atoms with Crippen molar-refractivity contribution in [3.63, 3.8) is 0 Å². The normalized spacial score (nSPS) is 16.7. The van der Waals surface area contributed by atoms with Crippen molar-refractivity contribution in [2.75, 3.05) is 11.4 Å². The van der Waals surface area contributed by atoms with Gasteiger partial charge in [-0.2, -0.15) is 0 Å². The van der Waals surface area contributed by atoms with E-state index >= 15 is 0 Å². The standard InChI is InChI=1S/C13H13NO2/c1-4-9-5-6-11-10(7-9)13(2,3)8-14(11)12(15)16/h1,5-7H,8H2,2-3H3,(H,15,16). The molecule has 0 atom stereocenters. The summed E-state index contributed by atoms with van der Waals surface area (Å²) in [7, 11) is 0. The van der Waals surface area contributed by atoms with Gasteiger partial charge in [-0.05, 0) is 23.8 Å². The van der Waals surface area contributed by atoms with Gasteiger partial charge in [0.1, 0.15) is 0 Å². The Morgan fingerprint density at radius 1 is 1.56 bits per heavy atom. The third-order valence-electron chi connectivity index (χ3n) is 2.97. The van der Waals surface area contributed by atoms with Crippen molar-refractivity contribution in [2.45, 2.75) is 19.3 Å². The highest BCUT2D eigenvalue weighted by Crippen LogP contribution is 2.40. The molecule has 1 aromatic carbocycles. The Morgan fingerprint density at radius 2 is 2.25 bits per heavy atom. The molecule has 0 radical (unpaired) electrons. The summed E-state index contributed by atoms with van der Waals surface area (Å²) in [4.78, 5) is 12.5. The largest absolute Gasteiger partial charge is 0.465 e. The highest BCUT2D eigenvalue weighted by Gasteiger charge is 2.37. The molecule has 0 aliphatic carbocycles. The van der Waals surface area contributed by atoms with Crippen LogP contribution in [0.25, 0.3) is 0 Å². The fourth-order valence-electron chi connectivity index (χ4n) is 2.14. The van der Waals surface area contributed by atoms with Crippen LogP contribution in [0.3, 0.4) is 0 Å². The molecule has 3 nitrogen and oxygen atoms in total. The molecule has 0 saturated carbocycles. The molecule has 3 heteroatoms. The SMILES string of the molecule is C#Cc1ccc2c(c1)C(C)(C)CN2C(=O)O. The van der Waals surface area contributed by atoms with Crippen LogP contribution in [-0.4, -0.2) is 17.7 Å². The lowest BCUT2D eigenvalue weighted by atomic mass is 9.86. The van der Waals surface area contributed by atoms with Crippen LogP contribution in [0.2, 0.25) is 0 Å². The van der Waals surface area contributed by atoms with E-state index < -0.39 is 6.09 Å². The maximum Gasteiger partial charge on any atom is 0.411 e. The highest BCUT2D eigenvalue weighted by atomic mass is 16.4. The van der Waals surface area contributed by atoms with Gasteiger partial charge in [0.25, 0.3) is 0 Å². The van der Waals surface area contributed by atoms with Crippen LogP contribution in [0, 0.1) is 12.3 Å². The predicted molar refractivity (Wildman–Crippen MR) is 62.8 cm³/mol. The molecule has 1 N–H and O–H groups in total. The molecular weight excluding hydrogens is 202 g/mol. The number of rotatable bonds is 0. The van der Waals surface area contributed by atoms with Gasteiger partial charge >= 0.3 is 6.09 Å². The van der Waals surface area contributed by atoms with Crippen molar-refractivity contribution in [3.8, 4) is 12.3 Å². The van der Waals surface area contributed by atoms with Crippen molar-refractivity contribution in [1.82, 2.24) is 0 Å². The van der Waals surface area contributed by atoms with Crippen molar-refractivity contribution in [2.24, 2.45) is 0 Å². The number of hydrogen-bond acceptors (Lipinski definition) is 1. The highest BCUT2D eigenvalue weighted by molar-refractivity contribution is 5.90. The summed E-state index contributed by atoms with van der Waals surface area (Å²) < 4.78 is 0. The molecule has 0 unspecified atom stereocenters. The fraction of sp³-hybridized carbons (Fsp3) is 0.308. The quantitative estimate of drug-likeness (QED) is 0.675. The van der Waals surface area contributed by atoms with Gasteiger partial charge in [-0.25, -0.2) is 4.79 Å². The number of benzene rings is 1. The zero-order valence-electron chi connectivity index (χ0n) is 9.32. The summed E-state index contributed by atoms with van der Waals surface area (Å²) in [6, 6.07) is 5.46. The van der Waals surface area contributed by atoms with Crippen LogP contribution in [0.1, 0.15) is 25.0 Å². The second-order valence-electron chi connectivity index (χ2n) is 4.63. The second-order valence-corrected chi connectivity index (χ2v) is 4.63. The fourth-order valence-corrected chi connectivity index (χ4v) is 2.14. The third kappa shape index (κ3) is 1.43. The average molecular weight is 215 g/mol. The monoisotopic (exact) mass is 215 g/mol. The van der Waals surface area contributed by atoms with Crippen molar-refractivity contribution in [3.05, 3.63) is 29.3 Å². The third-order valence-corrected chi connectivity index (χ3v) is 2.97. The van der Waals surface area contributed by atoms with Crippen molar-refractivity contribution in [1.29, 1.82) is 0 Å². The minimum Gasteiger partial charge on any atom is -0.465 e. The number of nitrogens with zero attached hydrogens (tertiary/aromatic N) is 1. The number of anilines is 1. The number of carbonyl (C=O) groups is 1. The summed E-state index contributed by atoms with van der Waals surface area (Å²) in [5.74, 6) is 2.57. The molecule has 82 valence electrons. The molecule has 0 spiro atoms. The van der Waals surface area contributed by atoms with E-state index in [1.54, 1.807) is 12.1 Å². The smallest absolute Gasteiger partial charge is 0.411 e. The molecule has 0 saturated heterocycles. The molecule has 1 aromatic rings. The molecule has 1 heterocycles. The molecule has 0 bridgehead atoms. The number of fused-ring (bicyclic) bond motifs is 1. The van der Waals surface area contributed by atoms with Gasteiger partial charge in [-0.1, -0.05) is 19.8 Å². The Kier molecular flexibility index (Phi) is 2.16. The van der Waals surface area contributed by atoms with Gasteiger partial charge in [-0.15, -0.1) is 6.42 Å². The first kappa shape index (κ1) is 10.6. The molecule has 1 aliphatic rings. The molecule has 1 amide bonds. The predicted octanol–water partition coefficient (Wildman–Crippen LogP) is 2.44. The molecule has 16 heavy (non-hydrogen) atoms. The first-order valence-electron chi connectivity index (χ1n) is 5.07. The van der Waals surface area contributed by atoms with E-state index in [4.69, 9.17) is 11.5 Å². The summed E-state index contributed by atoms with van der Waals surface area (Å²) in [5.41, 5.74) is 2.36. The number of hydrogen-bond donors (Lipinski definition) is 1. The Hall–Kier alpha value is -1.95. The van der Waals surface area contributed by atoms with Crippen LogP contribution >= 0.6 is 0 Å². The van der Waals surface area contributed by atoms with E-state index in [-0.39, 0.29) is 5.41 Å². The van der Waals surface area contributed by atoms with Crippen LogP contribution in [-0.2, 0) is 5.41 Å². The minimum absolute atomic E-state index is 0.180. The molecule has 0 aromatic heterocycles. The molecule has 0 fully saturated rings. The van der Waals surface area contributed by atoms with Gasteiger partial charge < -0.3 is 5.11 Å². The van der Waals surface area contributed by atoms with E-state index in [0.717, 1.165) is 16.8 Å². The maximum atomic E-state index is 11.1. The summed E-state index contributed by atoms with van der Waals surface area (Å²) in [6.45, 7) is 4.52. The second kappa shape index (κ2) is 3.28. The van der Waals surface area contributed by atoms with Crippen LogP contribution in [0.5, 0.6) is 0 Å². The van der Waals surface area contributed by atoms with E-state index in [0.29, 0.717) is 6.54 Å². The first-order valence-corrected chi connectivity index (χ1v) is 5.07. The minimum atomic E-state index is -0.916.